The molecule has 1 saturated heterocycles. The Morgan fingerprint density at radius 3 is 2.03 bits per heavy atom. The van der Waals surface area contributed by atoms with Crippen molar-refractivity contribution in [3.05, 3.63) is 100 Å². The van der Waals surface area contributed by atoms with Crippen molar-refractivity contribution in [3.8, 4) is 11.5 Å². The Bertz CT molecular complexity index is 1130. The third-order valence-corrected chi connectivity index (χ3v) is 6.31. The quantitative estimate of drug-likeness (QED) is 0.301. The summed E-state index contributed by atoms with van der Waals surface area (Å²) in [4.78, 5) is 14.8. The Labute approximate surface area is 197 Å². The lowest BCUT2D eigenvalue weighted by atomic mass is 10.1. The zero-order chi connectivity index (χ0) is 22.3. The van der Waals surface area contributed by atoms with Crippen LogP contribution in [-0.4, -0.2) is 21.7 Å². The van der Waals surface area contributed by atoms with Gasteiger partial charge in [-0.05, 0) is 41.8 Å². The van der Waals surface area contributed by atoms with Gasteiger partial charge in [0.25, 0.3) is 5.91 Å². The maximum Gasteiger partial charge on any atom is 0.266 e. The third kappa shape index (κ3) is 5.39. The molecule has 162 valence electrons. The van der Waals surface area contributed by atoms with Crippen LogP contribution in [0.1, 0.15) is 23.6 Å². The number of thiocarbonyl (C=S) groups is 1. The zero-order valence-electron chi connectivity index (χ0n) is 17.7. The van der Waals surface area contributed by atoms with Crippen LogP contribution in [0.5, 0.6) is 11.5 Å². The Hall–Kier alpha value is -3.09. The lowest BCUT2D eigenvalue weighted by Crippen LogP contribution is -2.27. The average Bonchev–Trinajstić information content (AvgIpc) is 3.10. The summed E-state index contributed by atoms with van der Waals surface area (Å²) in [6, 6.07) is 25.7. The summed E-state index contributed by atoms with van der Waals surface area (Å²) in [7, 11) is 0. The van der Waals surface area contributed by atoms with Crippen LogP contribution >= 0.6 is 24.0 Å². The van der Waals surface area contributed by atoms with Crippen LogP contribution in [0.4, 0.5) is 0 Å². The molecular formula is C26H23NO3S2. The molecule has 32 heavy (non-hydrogen) atoms. The van der Waals surface area contributed by atoms with Crippen molar-refractivity contribution in [2.45, 2.75) is 20.1 Å². The van der Waals surface area contributed by atoms with Gasteiger partial charge in [-0.2, -0.15) is 0 Å². The van der Waals surface area contributed by atoms with Gasteiger partial charge in [0.15, 0.2) is 11.5 Å². The highest BCUT2D eigenvalue weighted by atomic mass is 32.2. The molecule has 0 atom stereocenters. The predicted molar refractivity (Wildman–Crippen MR) is 134 cm³/mol. The highest BCUT2D eigenvalue weighted by Crippen LogP contribution is 2.35. The maximum atomic E-state index is 12.6. The molecule has 0 aliphatic carbocycles. The van der Waals surface area contributed by atoms with Gasteiger partial charge in [0.05, 0.1) is 4.91 Å². The predicted octanol–water partition coefficient (Wildman–Crippen LogP) is 6.07. The molecule has 0 N–H and O–H groups in total. The first-order valence-corrected chi connectivity index (χ1v) is 11.6. The molecule has 4 nitrogen and oxygen atoms in total. The van der Waals surface area contributed by atoms with E-state index < -0.39 is 0 Å². The SMILES string of the molecule is CCN1C(=O)/C(=C\c2ccc(OCc3ccccc3)c(OCc3ccccc3)c2)SC1=S. The van der Waals surface area contributed by atoms with E-state index in [4.69, 9.17) is 21.7 Å². The second kappa shape index (κ2) is 10.5. The van der Waals surface area contributed by atoms with Gasteiger partial charge in [0, 0.05) is 6.54 Å². The number of carbonyl (C=O) groups excluding carboxylic acids is 1. The molecule has 0 bridgehead atoms. The number of hydrogen-bond donors (Lipinski definition) is 0. The van der Waals surface area contributed by atoms with Gasteiger partial charge in [-0.3, -0.25) is 9.69 Å². The van der Waals surface area contributed by atoms with Gasteiger partial charge in [0.2, 0.25) is 0 Å². The minimum Gasteiger partial charge on any atom is -0.485 e. The largest absolute Gasteiger partial charge is 0.485 e. The number of nitrogens with zero attached hydrogens (tertiary/aromatic N) is 1. The van der Waals surface area contributed by atoms with E-state index in [1.165, 1.54) is 11.8 Å². The Balaban J connectivity index is 1.57. The lowest BCUT2D eigenvalue weighted by molar-refractivity contribution is -0.121. The molecule has 0 unspecified atom stereocenters. The van der Waals surface area contributed by atoms with Crippen molar-refractivity contribution < 1.29 is 14.3 Å². The standard InChI is InChI=1S/C26H23NO3S2/c1-2-27-25(28)24(32-26(27)31)16-21-13-14-22(29-17-19-9-5-3-6-10-19)23(15-21)30-18-20-11-7-4-8-12-20/h3-16H,2,17-18H2,1H3/b24-16+. The molecule has 3 aromatic carbocycles. The van der Waals surface area contributed by atoms with Gasteiger partial charge in [-0.25, -0.2) is 0 Å². The Morgan fingerprint density at radius 1 is 0.875 bits per heavy atom. The summed E-state index contributed by atoms with van der Waals surface area (Å²) in [5.41, 5.74) is 3.00. The first-order chi connectivity index (χ1) is 15.6. The number of amides is 1. The molecule has 6 heteroatoms. The van der Waals surface area contributed by atoms with E-state index in [1.807, 2.05) is 91.9 Å². The summed E-state index contributed by atoms with van der Waals surface area (Å²) in [6.07, 6.45) is 1.85. The first-order valence-electron chi connectivity index (χ1n) is 10.4. The number of benzene rings is 3. The maximum absolute atomic E-state index is 12.6. The molecular weight excluding hydrogens is 438 g/mol. The Morgan fingerprint density at radius 2 is 1.47 bits per heavy atom. The van der Waals surface area contributed by atoms with Gasteiger partial charge in [-0.1, -0.05) is 90.7 Å². The van der Waals surface area contributed by atoms with Gasteiger partial charge in [0.1, 0.15) is 17.5 Å². The molecule has 3 aromatic rings. The number of likely N-dealkylation sites (N-methyl/N-ethyl adjacent to an activating group) is 1. The fourth-order valence-corrected chi connectivity index (χ4v) is 4.63. The third-order valence-electron chi connectivity index (χ3n) is 4.93. The van der Waals surface area contributed by atoms with E-state index in [9.17, 15) is 4.79 Å². The van der Waals surface area contributed by atoms with E-state index in [0.29, 0.717) is 40.5 Å². The monoisotopic (exact) mass is 461 g/mol. The second-order valence-electron chi connectivity index (χ2n) is 7.18. The number of hydrogen-bond acceptors (Lipinski definition) is 5. The van der Waals surface area contributed by atoms with E-state index in [1.54, 1.807) is 4.90 Å². The molecule has 1 fully saturated rings. The number of rotatable bonds is 8. The van der Waals surface area contributed by atoms with E-state index >= 15 is 0 Å². The minimum absolute atomic E-state index is 0.0568. The molecule has 0 aromatic heterocycles. The minimum atomic E-state index is -0.0568. The van der Waals surface area contributed by atoms with Crippen LogP contribution in [-0.2, 0) is 18.0 Å². The van der Waals surface area contributed by atoms with Crippen molar-refractivity contribution in [2.75, 3.05) is 6.54 Å². The Kier molecular flexibility index (Phi) is 7.24. The van der Waals surface area contributed by atoms with Crippen molar-refractivity contribution in [2.24, 2.45) is 0 Å². The molecule has 0 spiro atoms. The van der Waals surface area contributed by atoms with E-state index in [-0.39, 0.29) is 5.91 Å². The highest BCUT2D eigenvalue weighted by molar-refractivity contribution is 8.26. The van der Waals surface area contributed by atoms with Crippen LogP contribution in [0.3, 0.4) is 0 Å². The van der Waals surface area contributed by atoms with Crippen LogP contribution < -0.4 is 9.47 Å². The molecule has 1 aliphatic heterocycles. The first kappa shape index (κ1) is 22.1. The van der Waals surface area contributed by atoms with Crippen LogP contribution in [0.2, 0.25) is 0 Å². The summed E-state index contributed by atoms with van der Waals surface area (Å²) in [6.45, 7) is 3.35. The van der Waals surface area contributed by atoms with E-state index in [2.05, 4.69) is 0 Å². The average molecular weight is 462 g/mol. The fraction of sp³-hybridized carbons (Fsp3) is 0.154. The topological polar surface area (TPSA) is 38.8 Å². The molecule has 0 saturated carbocycles. The van der Waals surface area contributed by atoms with Crippen LogP contribution in [0.15, 0.2) is 83.8 Å². The molecule has 1 heterocycles. The van der Waals surface area contributed by atoms with Crippen molar-refractivity contribution >= 4 is 40.3 Å². The number of carbonyl (C=O) groups is 1. The molecule has 0 radical (unpaired) electrons. The smallest absolute Gasteiger partial charge is 0.266 e. The summed E-state index contributed by atoms with van der Waals surface area (Å²) in [5.74, 6) is 1.23. The normalized spacial score (nSPS) is 14.8. The van der Waals surface area contributed by atoms with Crippen LogP contribution in [0.25, 0.3) is 6.08 Å². The molecule has 1 aliphatic rings. The van der Waals surface area contributed by atoms with Crippen molar-refractivity contribution in [1.82, 2.24) is 4.90 Å². The fourth-order valence-electron chi connectivity index (χ4n) is 3.24. The lowest BCUT2D eigenvalue weighted by Gasteiger charge is -2.14. The summed E-state index contributed by atoms with van der Waals surface area (Å²) in [5, 5.41) is 0. The number of ether oxygens (including phenoxy) is 2. The van der Waals surface area contributed by atoms with Crippen LogP contribution in [0, 0.1) is 0 Å². The zero-order valence-corrected chi connectivity index (χ0v) is 19.3. The second-order valence-corrected chi connectivity index (χ2v) is 8.86. The van der Waals surface area contributed by atoms with Crippen molar-refractivity contribution in [3.63, 3.8) is 0 Å². The number of thioether (sulfide) groups is 1. The summed E-state index contributed by atoms with van der Waals surface area (Å²) < 4.78 is 12.8. The summed E-state index contributed by atoms with van der Waals surface area (Å²) >= 11 is 6.64. The van der Waals surface area contributed by atoms with Gasteiger partial charge < -0.3 is 9.47 Å². The van der Waals surface area contributed by atoms with Crippen molar-refractivity contribution in [1.29, 1.82) is 0 Å². The molecule has 4 rings (SSSR count). The molecule has 1 amide bonds. The highest BCUT2D eigenvalue weighted by Gasteiger charge is 2.30. The van der Waals surface area contributed by atoms with Gasteiger partial charge in [-0.15, -0.1) is 0 Å². The van der Waals surface area contributed by atoms with E-state index in [0.717, 1.165) is 16.7 Å². The van der Waals surface area contributed by atoms with Gasteiger partial charge >= 0.3 is 0 Å².